The minimum Gasteiger partial charge on any atom is -0.394 e. The number of aromatic nitrogens is 4. The molecule has 3 rings (SSSR count). The highest BCUT2D eigenvalue weighted by Crippen LogP contribution is 2.30. The molecule has 6 N–H and O–H groups in total. The molecule has 2 aromatic heterocycles. The number of fused-ring (bicyclic) bond motifs is 1. The predicted molar refractivity (Wildman–Crippen MR) is 65.6 cm³/mol. The lowest BCUT2D eigenvalue weighted by atomic mass is 10.2. The molecule has 0 aromatic carbocycles. The van der Waals surface area contributed by atoms with Gasteiger partial charge in [-0.05, 0) is 0 Å². The zero-order valence-electron chi connectivity index (χ0n) is 10.2. The molecule has 0 bridgehead atoms. The molecule has 1 fully saturated rings. The maximum atomic E-state index is 11.7. The molecule has 0 spiro atoms. The lowest BCUT2D eigenvalue weighted by Crippen LogP contribution is -2.33. The number of ether oxygens (including phenoxy) is 1. The molecule has 10 heteroatoms. The smallest absolute Gasteiger partial charge is 0.280 e. The zero-order valence-corrected chi connectivity index (χ0v) is 10.2. The number of nitrogens with zero attached hydrogens (tertiary/aromatic N) is 3. The molecular weight excluding hydrogens is 271 g/mol. The van der Waals surface area contributed by atoms with Crippen LogP contribution in [0.5, 0.6) is 0 Å². The highest BCUT2D eigenvalue weighted by molar-refractivity contribution is 5.70. The molecule has 0 saturated carbocycles. The zero-order chi connectivity index (χ0) is 14.4. The fraction of sp³-hybridized carbons (Fsp3) is 0.500. The van der Waals surface area contributed by atoms with Gasteiger partial charge in [0.2, 0.25) is 5.95 Å². The van der Waals surface area contributed by atoms with Crippen LogP contribution in [-0.4, -0.2) is 59.8 Å². The second kappa shape index (κ2) is 4.52. The predicted octanol–water partition coefficient (Wildman–Crippen LogP) is -2.69. The third-order valence-corrected chi connectivity index (χ3v) is 3.24. The van der Waals surface area contributed by atoms with E-state index >= 15 is 0 Å². The first-order valence-corrected chi connectivity index (χ1v) is 5.87. The van der Waals surface area contributed by atoms with E-state index in [2.05, 4.69) is 15.0 Å². The first kappa shape index (κ1) is 13.0. The molecule has 108 valence electrons. The summed E-state index contributed by atoms with van der Waals surface area (Å²) in [4.78, 5) is 21.8. The summed E-state index contributed by atoms with van der Waals surface area (Å²) in [5.41, 5.74) is 5.12. The number of rotatable bonds is 2. The van der Waals surface area contributed by atoms with E-state index in [1.807, 2.05) is 0 Å². The fourth-order valence-electron chi connectivity index (χ4n) is 2.24. The highest BCUT2D eigenvalue weighted by atomic mass is 16.6. The third kappa shape index (κ3) is 1.78. The molecule has 10 nitrogen and oxygen atoms in total. The minimum atomic E-state index is -1.29. The van der Waals surface area contributed by atoms with Crippen molar-refractivity contribution < 1.29 is 20.1 Å². The Labute approximate surface area is 111 Å². The number of hydrogen-bond donors (Lipinski definition) is 5. The molecule has 0 unspecified atom stereocenters. The van der Waals surface area contributed by atoms with Crippen molar-refractivity contribution >= 4 is 17.1 Å². The van der Waals surface area contributed by atoms with Crippen LogP contribution in [0, 0.1) is 0 Å². The number of hydrogen-bond acceptors (Lipinski definition) is 8. The summed E-state index contributed by atoms with van der Waals surface area (Å²) in [6.07, 6.45) is -3.21. The van der Waals surface area contributed by atoms with Gasteiger partial charge in [-0.25, -0.2) is 4.98 Å². The maximum Gasteiger partial charge on any atom is 0.280 e. The van der Waals surface area contributed by atoms with Crippen molar-refractivity contribution in [2.24, 2.45) is 0 Å². The maximum absolute atomic E-state index is 11.7. The SMILES string of the molecule is Nc1nc2c(ncn2[13C@@H]2O[C@H](CO)[C@@H](O)[C@H]2O)c(=O)[nH]1. The van der Waals surface area contributed by atoms with Gasteiger partial charge in [0.05, 0.1) is 12.9 Å². The van der Waals surface area contributed by atoms with Crippen molar-refractivity contribution in [1.29, 1.82) is 0 Å². The third-order valence-electron chi connectivity index (χ3n) is 3.24. The lowest BCUT2D eigenvalue weighted by Gasteiger charge is -2.16. The van der Waals surface area contributed by atoms with Crippen molar-refractivity contribution in [1.82, 2.24) is 19.5 Å². The molecule has 0 radical (unpaired) electrons. The number of H-pyrrole nitrogens is 1. The Bertz CT molecular complexity index is 697. The number of nitrogens with two attached hydrogens (primary N) is 1. The van der Waals surface area contributed by atoms with Gasteiger partial charge >= 0.3 is 0 Å². The number of nitrogens with one attached hydrogen (secondary N) is 1. The Morgan fingerprint density at radius 1 is 1.45 bits per heavy atom. The van der Waals surface area contributed by atoms with Crippen molar-refractivity contribution in [3.63, 3.8) is 0 Å². The summed E-state index contributed by atoms with van der Waals surface area (Å²) in [7, 11) is 0. The van der Waals surface area contributed by atoms with Crippen LogP contribution in [0.1, 0.15) is 6.23 Å². The second-order valence-electron chi connectivity index (χ2n) is 4.50. The summed E-state index contributed by atoms with van der Waals surface area (Å²) < 4.78 is 6.64. The van der Waals surface area contributed by atoms with Gasteiger partial charge in [0, 0.05) is 0 Å². The summed E-state index contributed by atoms with van der Waals surface area (Å²) in [5, 5.41) is 28.7. The Hall–Kier alpha value is -2.01. The van der Waals surface area contributed by atoms with Gasteiger partial charge in [-0.15, -0.1) is 0 Å². The Kier molecular flexibility index (Phi) is 2.94. The highest BCUT2D eigenvalue weighted by Gasteiger charge is 2.44. The van der Waals surface area contributed by atoms with E-state index in [1.165, 1.54) is 10.9 Å². The van der Waals surface area contributed by atoms with Crippen LogP contribution in [-0.2, 0) is 4.74 Å². The number of aromatic amines is 1. The van der Waals surface area contributed by atoms with Crippen LogP contribution < -0.4 is 11.3 Å². The molecule has 3 heterocycles. The Balaban J connectivity index is 2.09. The van der Waals surface area contributed by atoms with Crippen LogP contribution in [0.3, 0.4) is 0 Å². The summed E-state index contributed by atoms with van der Waals surface area (Å²) in [6.45, 7) is -0.447. The number of anilines is 1. The van der Waals surface area contributed by atoms with E-state index in [4.69, 9.17) is 15.6 Å². The van der Waals surface area contributed by atoms with Crippen LogP contribution >= 0.6 is 0 Å². The molecule has 1 aliphatic heterocycles. The number of aliphatic hydroxyl groups excluding tert-OH is 3. The van der Waals surface area contributed by atoms with E-state index in [0.29, 0.717) is 0 Å². The summed E-state index contributed by atoms with van der Waals surface area (Å²) in [6, 6.07) is 0. The van der Waals surface area contributed by atoms with Gasteiger partial charge in [-0.1, -0.05) is 0 Å². The van der Waals surface area contributed by atoms with Gasteiger partial charge in [0.15, 0.2) is 17.4 Å². The molecule has 1 aliphatic rings. The van der Waals surface area contributed by atoms with Crippen LogP contribution in [0.4, 0.5) is 5.95 Å². The van der Waals surface area contributed by atoms with Gasteiger partial charge in [0.25, 0.3) is 5.56 Å². The van der Waals surface area contributed by atoms with Crippen LogP contribution in [0.25, 0.3) is 11.2 Å². The largest absolute Gasteiger partial charge is 0.394 e. The van der Waals surface area contributed by atoms with Crippen LogP contribution in [0.2, 0.25) is 0 Å². The first-order chi connectivity index (χ1) is 9.52. The average molecular weight is 284 g/mol. The topological polar surface area (TPSA) is 160 Å². The number of nitrogen functional groups attached to an aromatic ring is 1. The Morgan fingerprint density at radius 2 is 2.20 bits per heavy atom. The Morgan fingerprint density at radius 3 is 2.85 bits per heavy atom. The molecular formula is C10H13N5O5. The van der Waals surface area contributed by atoms with Gasteiger partial charge in [-0.2, -0.15) is 4.98 Å². The monoisotopic (exact) mass is 284 g/mol. The fourth-order valence-corrected chi connectivity index (χ4v) is 2.24. The van der Waals surface area contributed by atoms with Gasteiger partial charge < -0.3 is 25.8 Å². The molecule has 20 heavy (non-hydrogen) atoms. The first-order valence-electron chi connectivity index (χ1n) is 5.87. The standard InChI is InChI=1S/C10H13N5O5/c11-10-13-7-4(8(19)14-10)12-2-15(7)9-6(18)5(17)3(1-16)20-9/h2-3,5-6,9,16-18H,1H2,(H3,11,13,14,19)/t3-,5-,6-,9-/m1/s1/i9+1. The number of aliphatic hydroxyl groups is 3. The van der Waals surface area contributed by atoms with Crippen molar-refractivity contribution in [3.05, 3.63) is 16.7 Å². The molecule has 4 atom stereocenters. The number of imidazole rings is 1. The lowest BCUT2D eigenvalue weighted by molar-refractivity contribution is -0.0511. The molecule has 2 aromatic rings. The van der Waals surface area contributed by atoms with E-state index in [9.17, 15) is 15.0 Å². The van der Waals surface area contributed by atoms with E-state index in [-0.39, 0.29) is 17.1 Å². The minimum absolute atomic E-state index is 0.0388. The summed E-state index contributed by atoms with van der Waals surface area (Å²) >= 11 is 0. The van der Waals surface area contributed by atoms with Crippen LogP contribution in [0.15, 0.2) is 11.1 Å². The van der Waals surface area contributed by atoms with E-state index < -0.39 is 36.7 Å². The van der Waals surface area contributed by atoms with E-state index in [0.717, 1.165) is 0 Å². The quantitative estimate of drug-likeness (QED) is 0.373. The average Bonchev–Trinajstić information content (AvgIpc) is 2.93. The van der Waals surface area contributed by atoms with Crippen molar-refractivity contribution in [3.8, 4) is 0 Å². The normalized spacial score (nSPS) is 30.1. The molecule has 0 aliphatic carbocycles. The van der Waals surface area contributed by atoms with E-state index in [1.54, 1.807) is 0 Å². The van der Waals surface area contributed by atoms with Gasteiger partial charge in [-0.3, -0.25) is 14.3 Å². The van der Waals surface area contributed by atoms with Crippen molar-refractivity contribution in [2.75, 3.05) is 12.3 Å². The molecule has 1 saturated heterocycles. The summed E-state index contributed by atoms with van der Waals surface area (Å²) in [5.74, 6) is -0.101. The van der Waals surface area contributed by atoms with Gasteiger partial charge in [0.1, 0.15) is 18.3 Å². The van der Waals surface area contributed by atoms with Crippen molar-refractivity contribution in [2.45, 2.75) is 24.5 Å². The molecule has 0 amide bonds. The second-order valence-corrected chi connectivity index (χ2v) is 4.50.